The molecule has 1 aromatic heterocycles. The van der Waals surface area contributed by atoms with Crippen molar-refractivity contribution in [3.05, 3.63) is 76.4 Å². The second-order valence-electron chi connectivity index (χ2n) is 6.72. The first-order chi connectivity index (χ1) is 10.9. The van der Waals surface area contributed by atoms with Gasteiger partial charge in [-0.25, -0.2) is 9.13 Å². The van der Waals surface area contributed by atoms with Crippen LogP contribution in [0.5, 0.6) is 0 Å². The van der Waals surface area contributed by atoms with E-state index in [4.69, 9.17) is 0 Å². The molecule has 2 nitrogen and oxygen atoms in total. The second kappa shape index (κ2) is 6.82. The van der Waals surface area contributed by atoms with Gasteiger partial charge in [0.05, 0.1) is 0 Å². The summed E-state index contributed by atoms with van der Waals surface area (Å²) in [5.41, 5.74) is 10.4. The van der Waals surface area contributed by atoms with E-state index in [1.165, 1.54) is 44.8 Å². The first kappa shape index (κ1) is 18.3. The fraction of sp³-hybridized carbons (Fsp3) is 0.286. The van der Waals surface area contributed by atoms with Crippen LogP contribution in [0, 0.1) is 41.5 Å². The minimum absolute atomic E-state index is 0. The molecule has 3 heteroatoms. The van der Waals surface area contributed by atoms with E-state index >= 15 is 0 Å². The van der Waals surface area contributed by atoms with Crippen LogP contribution in [0.25, 0.3) is 11.4 Å². The van der Waals surface area contributed by atoms with Crippen molar-refractivity contribution < 1.29 is 4.57 Å². The van der Waals surface area contributed by atoms with Crippen LogP contribution in [0.4, 0.5) is 0 Å². The lowest BCUT2D eigenvalue weighted by Crippen LogP contribution is -2.30. The number of rotatable bonds is 2. The summed E-state index contributed by atoms with van der Waals surface area (Å²) < 4.78 is 4.45. The zero-order valence-corrected chi connectivity index (χ0v) is 16.2. The highest BCUT2D eigenvalue weighted by atomic mass is 35.5. The van der Waals surface area contributed by atoms with Crippen LogP contribution >= 0.6 is 12.4 Å². The minimum atomic E-state index is 0. The largest absolute Gasteiger partial charge is 0.254 e. The van der Waals surface area contributed by atoms with Gasteiger partial charge in [0.25, 0.3) is 6.33 Å². The third-order valence-corrected chi connectivity index (χ3v) is 4.42. The third kappa shape index (κ3) is 3.25. The number of halogens is 1. The average Bonchev–Trinajstić information content (AvgIpc) is 2.85. The maximum absolute atomic E-state index is 2.25. The SMILES string of the molecule is Cc1cc(C)c(-n2cc[n+](-c3c(C)cc(C)cc3C)c2)c(C)c1.Cl. The van der Waals surface area contributed by atoms with Crippen molar-refractivity contribution in [2.24, 2.45) is 0 Å². The molecule has 0 atom stereocenters. The standard InChI is InChI=1S/C21H25N2.ClH/c1-14-9-16(3)20(17(4)10-14)22-7-8-23(13-22)21-18(5)11-15(2)12-19(21)6;/h7-13H,1-6H3;1H/q+1;. The summed E-state index contributed by atoms with van der Waals surface area (Å²) in [4.78, 5) is 0. The lowest BCUT2D eigenvalue weighted by Gasteiger charge is -2.08. The summed E-state index contributed by atoms with van der Waals surface area (Å²) in [6.45, 7) is 13.0. The number of aryl methyl sites for hydroxylation is 6. The molecule has 0 radical (unpaired) electrons. The molecule has 0 saturated carbocycles. The zero-order chi connectivity index (χ0) is 16.7. The third-order valence-electron chi connectivity index (χ3n) is 4.42. The quantitative estimate of drug-likeness (QED) is 0.578. The Labute approximate surface area is 151 Å². The van der Waals surface area contributed by atoms with Gasteiger partial charge in [0.2, 0.25) is 0 Å². The minimum Gasteiger partial charge on any atom is -0.202 e. The molecular weight excluding hydrogens is 316 g/mol. The van der Waals surface area contributed by atoms with Crippen molar-refractivity contribution in [3.8, 4) is 11.4 Å². The summed E-state index contributed by atoms with van der Waals surface area (Å²) in [6, 6.07) is 8.98. The first-order valence-electron chi connectivity index (χ1n) is 8.12. The maximum atomic E-state index is 2.25. The highest BCUT2D eigenvalue weighted by molar-refractivity contribution is 5.85. The molecule has 3 rings (SSSR count). The highest BCUT2D eigenvalue weighted by Gasteiger charge is 2.16. The normalized spacial score (nSPS) is 10.6. The van der Waals surface area contributed by atoms with Crippen molar-refractivity contribution in [3.63, 3.8) is 0 Å². The summed E-state index contributed by atoms with van der Waals surface area (Å²) in [5, 5.41) is 0. The van der Waals surface area contributed by atoms with Crippen LogP contribution in [0.1, 0.15) is 33.4 Å². The van der Waals surface area contributed by atoms with Gasteiger partial charge >= 0.3 is 0 Å². The lowest BCUT2D eigenvalue weighted by atomic mass is 10.0. The number of imidazole rings is 1. The monoisotopic (exact) mass is 341 g/mol. The molecule has 0 bridgehead atoms. The topological polar surface area (TPSA) is 8.81 Å². The molecule has 0 amide bonds. The molecule has 3 aromatic rings. The number of hydrogen-bond acceptors (Lipinski definition) is 0. The van der Waals surface area contributed by atoms with Gasteiger partial charge in [0.15, 0.2) is 0 Å². The Kier molecular flexibility index (Phi) is 5.19. The van der Waals surface area contributed by atoms with Crippen molar-refractivity contribution >= 4 is 12.4 Å². The molecule has 0 saturated heterocycles. The first-order valence-corrected chi connectivity index (χ1v) is 8.12. The Balaban J connectivity index is 0.00000208. The molecule has 0 unspecified atom stereocenters. The highest BCUT2D eigenvalue weighted by Crippen LogP contribution is 2.21. The van der Waals surface area contributed by atoms with Crippen LogP contribution in [0.3, 0.4) is 0 Å². The van der Waals surface area contributed by atoms with E-state index in [1.807, 2.05) is 0 Å². The Bertz CT molecular complexity index is 773. The van der Waals surface area contributed by atoms with Crippen LogP contribution in [-0.2, 0) is 0 Å². The van der Waals surface area contributed by atoms with Gasteiger partial charge in [0.1, 0.15) is 23.8 Å². The Hall–Kier alpha value is -2.06. The van der Waals surface area contributed by atoms with Crippen LogP contribution in [-0.4, -0.2) is 4.57 Å². The van der Waals surface area contributed by atoms with Crippen molar-refractivity contribution in [1.82, 2.24) is 4.57 Å². The molecule has 0 aliphatic heterocycles. The van der Waals surface area contributed by atoms with E-state index in [9.17, 15) is 0 Å². The molecular formula is C21H26ClN2+. The lowest BCUT2D eigenvalue weighted by molar-refractivity contribution is -0.595. The van der Waals surface area contributed by atoms with E-state index in [-0.39, 0.29) is 12.4 Å². The van der Waals surface area contributed by atoms with E-state index in [0.29, 0.717) is 0 Å². The average molecular weight is 342 g/mol. The molecule has 0 spiro atoms. The molecule has 0 fully saturated rings. The fourth-order valence-corrected chi connectivity index (χ4v) is 3.78. The predicted octanol–water partition coefficient (Wildman–Crippen LogP) is 5.03. The maximum Gasteiger partial charge on any atom is 0.254 e. The molecule has 24 heavy (non-hydrogen) atoms. The van der Waals surface area contributed by atoms with Crippen LogP contribution in [0.2, 0.25) is 0 Å². The van der Waals surface area contributed by atoms with E-state index in [2.05, 4.69) is 93.7 Å². The number of nitrogens with zero attached hydrogens (tertiary/aromatic N) is 2. The molecule has 1 heterocycles. The van der Waals surface area contributed by atoms with E-state index < -0.39 is 0 Å². The predicted molar refractivity (Wildman–Crippen MR) is 103 cm³/mol. The van der Waals surface area contributed by atoms with Crippen molar-refractivity contribution in [2.45, 2.75) is 41.5 Å². The van der Waals surface area contributed by atoms with E-state index in [0.717, 1.165) is 0 Å². The van der Waals surface area contributed by atoms with Crippen molar-refractivity contribution in [1.29, 1.82) is 0 Å². The number of aromatic nitrogens is 2. The Morgan fingerprint density at radius 1 is 0.708 bits per heavy atom. The van der Waals surface area contributed by atoms with Gasteiger partial charge in [-0.05, 0) is 63.8 Å². The van der Waals surface area contributed by atoms with Gasteiger partial charge < -0.3 is 0 Å². The molecule has 0 aliphatic carbocycles. The van der Waals surface area contributed by atoms with E-state index in [1.54, 1.807) is 0 Å². The number of hydrogen-bond donors (Lipinski definition) is 0. The fourth-order valence-electron chi connectivity index (χ4n) is 3.78. The van der Waals surface area contributed by atoms with Gasteiger partial charge in [-0.1, -0.05) is 35.4 Å². The molecule has 126 valence electrons. The number of benzene rings is 2. The van der Waals surface area contributed by atoms with Gasteiger partial charge in [-0.3, -0.25) is 0 Å². The summed E-state index contributed by atoms with van der Waals surface area (Å²) in [7, 11) is 0. The Morgan fingerprint density at radius 2 is 1.17 bits per heavy atom. The van der Waals surface area contributed by atoms with Crippen LogP contribution in [0.15, 0.2) is 43.0 Å². The van der Waals surface area contributed by atoms with Crippen molar-refractivity contribution in [2.75, 3.05) is 0 Å². The Morgan fingerprint density at radius 3 is 1.67 bits per heavy atom. The molecule has 2 aromatic carbocycles. The van der Waals surface area contributed by atoms with Gasteiger partial charge in [0, 0.05) is 0 Å². The second-order valence-corrected chi connectivity index (χ2v) is 6.72. The molecule has 0 aliphatic rings. The summed E-state index contributed by atoms with van der Waals surface area (Å²) in [6.07, 6.45) is 6.46. The summed E-state index contributed by atoms with van der Waals surface area (Å²) in [5.74, 6) is 0. The molecule has 0 N–H and O–H groups in total. The smallest absolute Gasteiger partial charge is 0.202 e. The zero-order valence-electron chi connectivity index (χ0n) is 15.3. The van der Waals surface area contributed by atoms with Crippen LogP contribution < -0.4 is 4.57 Å². The van der Waals surface area contributed by atoms with Gasteiger partial charge in [-0.15, -0.1) is 12.4 Å². The summed E-state index contributed by atoms with van der Waals surface area (Å²) >= 11 is 0. The van der Waals surface area contributed by atoms with Gasteiger partial charge in [-0.2, -0.15) is 0 Å².